The van der Waals surface area contributed by atoms with Gasteiger partial charge < -0.3 is 11.1 Å². The number of hydrogen-bond acceptors (Lipinski definition) is 3. The van der Waals surface area contributed by atoms with Crippen LogP contribution in [0.15, 0.2) is 18.2 Å². The number of nitrogens with zero attached hydrogens (tertiary/aromatic N) is 1. The smallest absolute Gasteiger partial charge is 0.238 e. The monoisotopic (exact) mass is 313 g/mol. The minimum atomic E-state index is -0.425. The van der Waals surface area contributed by atoms with E-state index in [9.17, 15) is 9.18 Å². The maximum atomic E-state index is 13.0. The van der Waals surface area contributed by atoms with Crippen molar-refractivity contribution in [2.24, 2.45) is 11.7 Å². The van der Waals surface area contributed by atoms with E-state index in [0.29, 0.717) is 18.2 Å². The number of carbonyl (C=O) groups excluding carboxylic acids is 1. The van der Waals surface area contributed by atoms with Crippen molar-refractivity contribution in [1.29, 1.82) is 0 Å². The Bertz CT molecular complexity index is 512. The van der Waals surface area contributed by atoms with Gasteiger partial charge >= 0.3 is 0 Å². The molecular weight excluding hydrogens is 293 g/mol. The zero-order chi connectivity index (χ0) is 15.4. The molecule has 0 aromatic heterocycles. The van der Waals surface area contributed by atoms with Gasteiger partial charge in [0.15, 0.2) is 0 Å². The van der Waals surface area contributed by atoms with Crippen molar-refractivity contribution in [2.75, 3.05) is 25.0 Å². The third kappa shape index (κ3) is 4.15. The highest BCUT2D eigenvalue weighted by molar-refractivity contribution is 6.33. The molecule has 1 aromatic rings. The van der Waals surface area contributed by atoms with Gasteiger partial charge in [-0.15, -0.1) is 0 Å². The van der Waals surface area contributed by atoms with Crippen molar-refractivity contribution in [3.05, 3.63) is 29.0 Å². The van der Waals surface area contributed by atoms with E-state index < -0.39 is 5.82 Å². The molecule has 1 saturated heterocycles. The molecule has 2 atom stereocenters. The molecule has 0 spiro atoms. The van der Waals surface area contributed by atoms with Gasteiger partial charge in [-0.2, -0.15) is 0 Å². The summed E-state index contributed by atoms with van der Waals surface area (Å²) < 4.78 is 13.0. The second kappa shape index (κ2) is 7.20. The molecule has 4 nitrogen and oxygen atoms in total. The largest absolute Gasteiger partial charge is 0.329 e. The number of hydrogen-bond donors (Lipinski definition) is 2. The second-order valence-electron chi connectivity index (χ2n) is 5.57. The Morgan fingerprint density at radius 1 is 1.57 bits per heavy atom. The lowest BCUT2D eigenvalue weighted by atomic mass is 9.91. The van der Waals surface area contributed by atoms with E-state index in [1.807, 2.05) is 0 Å². The van der Waals surface area contributed by atoms with Crippen LogP contribution in [0.4, 0.5) is 10.1 Å². The number of rotatable bonds is 4. The third-order valence-corrected chi connectivity index (χ3v) is 4.34. The van der Waals surface area contributed by atoms with Crippen molar-refractivity contribution < 1.29 is 9.18 Å². The van der Waals surface area contributed by atoms with Crippen LogP contribution in [-0.2, 0) is 4.79 Å². The van der Waals surface area contributed by atoms with E-state index in [1.165, 1.54) is 18.2 Å². The minimum absolute atomic E-state index is 0.156. The van der Waals surface area contributed by atoms with Gasteiger partial charge in [0, 0.05) is 12.6 Å². The van der Waals surface area contributed by atoms with Crippen LogP contribution < -0.4 is 11.1 Å². The number of nitrogens with one attached hydrogen (secondary N) is 1. The fourth-order valence-electron chi connectivity index (χ4n) is 2.88. The first-order valence-corrected chi connectivity index (χ1v) is 7.58. The van der Waals surface area contributed by atoms with Gasteiger partial charge in [0.2, 0.25) is 5.91 Å². The first-order chi connectivity index (χ1) is 10.0. The Hall–Kier alpha value is -1.17. The van der Waals surface area contributed by atoms with Gasteiger partial charge in [0.05, 0.1) is 17.3 Å². The van der Waals surface area contributed by atoms with E-state index in [0.717, 1.165) is 19.4 Å². The zero-order valence-electron chi connectivity index (χ0n) is 12.1. The van der Waals surface area contributed by atoms with Crippen LogP contribution in [0, 0.1) is 11.7 Å². The molecule has 0 aliphatic carbocycles. The molecule has 116 valence electrons. The molecule has 1 aliphatic heterocycles. The number of halogens is 2. The van der Waals surface area contributed by atoms with Crippen LogP contribution in [0.3, 0.4) is 0 Å². The highest BCUT2D eigenvalue weighted by atomic mass is 35.5. The van der Waals surface area contributed by atoms with Gasteiger partial charge in [-0.05, 0) is 43.5 Å². The topological polar surface area (TPSA) is 58.4 Å². The van der Waals surface area contributed by atoms with Gasteiger partial charge in [-0.1, -0.05) is 18.5 Å². The van der Waals surface area contributed by atoms with Gasteiger partial charge in [0.25, 0.3) is 0 Å². The SMILES string of the molecule is CC1CCCN(CC(=O)Nc2ccc(F)cc2Cl)C1CN. The average molecular weight is 314 g/mol. The fourth-order valence-corrected chi connectivity index (χ4v) is 3.09. The predicted molar refractivity (Wildman–Crippen MR) is 82.9 cm³/mol. The summed E-state index contributed by atoms with van der Waals surface area (Å²) in [5.74, 6) is -0.0898. The van der Waals surface area contributed by atoms with E-state index >= 15 is 0 Å². The number of likely N-dealkylation sites (tertiary alicyclic amines) is 1. The zero-order valence-corrected chi connectivity index (χ0v) is 12.9. The lowest BCUT2D eigenvalue weighted by molar-refractivity contribution is -0.118. The molecule has 0 bridgehead atoms. The molecule has 1 aromatic carbocycles. The third-order valence-electron chi connectivity index (χ3n) is 4.02. The molecule has 3 N–H and O–H groups in total. The normalized spacial score (nSPS) is 23.0. The summed E-state index contributed by atoms with van der Waals surface area (Å²) in [5.41, 5.74) is 6.25. The summed E-state index contributed by atoms with van der Waals surface area (Å²) in [4.78, 5) is 14.3. The van der Waals surface area contributed by atoms with Crippen LogP contribution in [0.2, 0.25) is 5.02 Å². The second-order valence-corrected chi connectivity index (χ2v) is 5.97. The minimum Gasteiger partial charge on any atom is -0.329 e. The first-order valence-electron chi connectivity index (χ1n) is 7.20. The van der Waals surface area contributed by atoms with E-state index in [-0.39, 0.29) is 23.5 Å². The van der Waals surface area contributed by atoms with Crippen LogP contribution in [0.1, 0.15) is 19.8 Å². The highest BCUT2D eigenvalue weighted by Crippen LogP contribution is 2.24. The Balaban J connectivity index is 1.97. The average Bonchev–Trinajstić information content (AvgIpc) is 2.42. The maximum absolute atomic E-state index is 13.0. The van der Waals surface area contributed by atoms with Crippen molar-refractivity contribution in [3.63, 3.8) is 0 Å². The molecule has 1 heterocycles. The molecule has 0 radical (unpaired) electrons. The molecule has 1 aliphatic rings. The maximum Gasteiger partial charge on any atom is 0.238 e. The van der Waals surface area contributed by atoms with Crippen LogP contribution in [-0.4, -0.2) is 36.5 Å². The molecule has 1 amide bonds. The predicted octanol–water partition coefficient (Wildman–Crippen LogP) is 2.48. The lowest BCUT2D eigenvalue weighted by Gasteiger charge is -2.38. The number of amides is 1. The summed E-state index contributed by atoms with van der Waals surface area (Å²) in [5, 5.41) is 2.92. The summed E-state index contributed by atoms with van der Waals surface area (Å²) in [6.07, 6.45) is 2.21. The molecule has 1 fully saturated rings. The standard InChI is InChI=1S/C15H21ClFN3O/c1-10-3-2-6-20(14(10)8-18)9-15(21)19-13-5-4-11(17)7-12(13)16/h4-5,7,10,14H,2-3,6,8-9,18H2,1H3,(H,19,21). The van der Waals surface area contributed by atoms with Gasteiger partial charge in [0.1, 0.15) is 5.82 Å². The summed E-state index contributed by atoms with van der Waals surface area (Å²) in [6.45, 7) is 3.86. The highest BCUT2D eigenvalue weighted by Gasteiger charge is 2.28. The first kappa shape index (κ1) is 16.2. The number of anilines is 1. The van der Waals surface area contributed by atoms with Gasteiger partial charge in [-0.3, -0.25) is 9.69 Å². The fraction of sp³-hybridized carbons (Fsp3) is 0.533. The summed E-state index contributed by atoms with van der Waals surface area (Å²) in [7, 11) is 0. The Morgan fingerprint density at radius 2 is 2.33 bits per heavy atom. The van der Waals surface area contributed by atoms with E-state index in [1.54, 1.807) is 0 Å². The van der Waals surface area contributed by atoms with E-state index in [2.05, 4.69) is 17.1 Å². The van der Waals surface area contributed by atoms with Crippen molar-refractivity contribution in [1.82, 2.24) is 4.90 Å². The van der Waals surface area contributed by atoms with Crippen molar-refractivity contribution in [3.8, 4) is 0 Å². The summed E-state index contributed by atoms with van der Waals surface area (Å²) >= 11 is 5.91. The molecule has 0 saturated carbocycles. The molecule has 2 rings (SSSR count). The number of piperidine rings is 1. The molecule has 6 heteroatoms. The quantitative estimate of drug-likeness (QED) is 0.898. The van der Waals surface area contributed by atoms with Crippen LogP contribution in [0.25, 0.3) is 0 Å². The molecule has 2 unspecified atom stereocenters. The van der Waals surface area contributed by atoms with Crippen molar-refractivity contribution >= 4 is 23.2 Å². The van der Waals surface area contributed by atoms with Crippen LogP contribution in [0.5, 0.6) is 0 Å². The van der Waals surface area contributed by atoms with Crippen LogP contribution >= 0.6 is 11.6 Å². The molecule has 21 heavy (non-hydrogen) atoms. The van der Waals surface area contributed by atoms with E-state index in [4.69, 9.17) is 17.3 Å². The Morgan fingerprint density at radius 3 is 3.00 bits per heavy atom. The summed E-state index contributed by atoms with van der Waals surface area (Å²) in [6, 6.07) is 4.15. The van der Waals surface area contributed by atoms with Crippen molar-refractivity contribution in [2.45, 2.75) is 25.8 Å². The van der Waals surface area contributed by atoms with Gasteiger partial charge in [-0.25, -0.2) is 4.39 Å². The Kier molecular flexibility index (Phi) is 5.56. The number of benzene rings is 1. The Labute approximate surface area is 129 Å². The number of carbonyl (C=O) groups is 1. The lowest BCUT2D eigenvalue weighted by Crippen LogP contribution is -2.51. The molecular formula is C15H21ClFN3O. The number of nitrogens with two attached hydrogens (primary N) is 1.